The van der Waals surface area contributed by atoms with E-state index in [1.54, 1.807) is 25.3 Å². The van der Waals surface area contributed by atoms with Crippen molar-refractivity contribution < 1.29 is 17.9 Å². The monoisotopic (exact) mass is 434 g/mol. The Balaban J connectivity index is 1.56. The molecule has 0 atom stereocenters. The molecule has 0 radical (unpaired) electrons. The summed E-state index contributed by atoms with van der Waals surface area (Å²) < 4.78 is 32.1. The molecule has 0 unspecified atom stereocenters. The summed E-state index contributed by atoms with van der Waals surface area (Å²) in [5.41, 5.74) is 1.48. The van der Waals surface area contributed by atoms with Crippen LogP contribution in [-0.2, 0) is 14.8 Å². The van der Waals surface area contributed by atoms with Crippen molar-refractivity contribution in [3.8, 4) is 17.0 Å². The second-order valence-electron chi connectivity index (χ2n) is 6.02. The van der Waals surface area contributed by atoms with Crippen LogP contribution in [0.2, 0.25) is 5.02 Å². The molecule has 1 heterocycles. The number of carbonyl (C=O) groups excluding carboxylic acids is 1. The van der Waals surface area contributed by atoms with Crippen molar-refractivity contribution in [1.29, 1.82) is 0 Å². The number of sulfonamides is 1. The second-order valence-corrected chi connectivity index (χ2v) is 8.22. The molecular formula is C19H19ClN4O4S. The molecule has 0 saturated carbocycles. The maximum atomic E-state index is 12.2. The Morgan fingerprint density at radius 3 is 2.72 bits per heavy atom. The second kappa shape index (κ2) is 9.08. The van der Waals surface area contributed by atoms with Crippen LogP contribution >= 0.6 is 11.6 Å². The number of hydrogen-bond acceptors (Lipinski definition) is 5. The van der Waals surface area contributed by atoms with Crippen molar-refractivity contribution in [2.24, 2.45) is 0 Å². The third-order valence-electron chi connectivity index (χ3n) is 3.99. The fourth-order valence-corrected chi connectivity index (χ4v) is 3.94. The first-order valence-corrected chi connectivity index (χ1v) is 10.5. The molecule has 3 rings (SSSR count). The quantitative estimate of drug-likeness (QED) is 0.504. The molecule has 0 aliphatic rings. The zero-order valence-electron chi connectivity index (χ0n) is 15.5. The molecule has 0 aliphatic heterocycles. The predicted octanol–water partition coefficient (Wildman–Crippen LogP) is 3.05. The number of methoxy groups -OCH3 is 1. The average molecular weight is 435 g/mol. The zero-order chi connectivity index (χ0) is 20.9. The summed E-state index contributed by atoms with van der Waals surface area (Å²) in [5.74, 6) is 0.620. The molecule has 1 aromatic heterocycles. The minimum Gasteiger partial charge on any atom is -0.496 e. The highest BCUT2D eigenvalue weighted by Crippen LogP contribution is 2.29. The van der Waals surface area contributed by atoms with E-state index in [0.29, 0.717) is 22.3 Å². The number of nitrogens with one attached hydrogen (secondary N) is 3. The van der Waals surface area contributed by atoms with Gasteiger partial charge in [-0.25, -0.2) is 13.1 Å². The van der Waals surface area contributed by atoms with E-state index in [1.165, 1.54) is 12.1 Å². The van der Waals surface area contributed by atoms with E-state index in [2.05, 4.69) is 20.2 Å². The van der Waals surface area contributed by atoms with Crippen LogP contribution in [-0.4, -0.2) is 38.2 Å². The van der Waals surface area contributed by atoms with Gasteiger partial charge in [0.25, 0.3) is 0 Å². The van der Waals surface area contributed by atoms with Crippen LogP contribution in [0, 0.1) is 0 Å². The minimum absolute atomic E-state index is 0.0409. The summed E-state index contributed by atoms with van der Waals surface area (Å²) in [6.45, 7) is -0.0650. The number of benzene rings is 2. The number of amides is 1. The first-order chi connectivity index (χ1) is 13.9. The molecule has 152 valence electrons. The van der Waals surface area contributed by atoms with Crippen LogP contribution < -0.4 is 14.8 Å². The SMILES string of the molecule is COc1ccccc1-c1cc(NC(=O)CCNS(=O)(=O)c2cccc(Cl)c2)n[nH]1. The van der Waals surface area contributed by atoms with Crippen LogP contribution in [0.4, 0.5) is 5.82 Å². The van der Waals surface area contributed by atoms with Crippen molar-refractivity contribution in [3.05, 3.63) is 59.6 Å². The van der Waals surface area contributed by atoms with Gasteiger partial charge in [-0.3, -0.25) is 9.89 Å². The van der Waals surface area contributed by atoms with E-state index in [4.69, 9.17) is 16.3 Å². The molecule has 0 bridgehead atoms. The van der Waals surface area contributed by atoms with Gasteiger partial charge in [0.15, 0.2) is 5.82 Å². The van der Waals surface area contributed by atoms with Gasteiger partial charge in [-0.15, -0.1) is 0 Å². The van der Waals surface area contributed by atoms with E-state index in [0.717, 1.165) is 5.56 Å². The van der Waals surface area contributed by atoms with E-state index in [9.17, 15) is 13.2 Å². The number of anilines is 1. The molecule has 29 heavy (non-hydrogen) atoms. The molecule has 0 fully saturated rings. The van der Waals surface area contributed by atoms with E-state index in [-0.39, 0.29) is 23.8 Å². The van der Waals surface area contributed by atoms with Gasteiger partial charge in [0, 0.05) is 29.6 Å². The van der Waals surface area contributed by atoms with E-state index >= 15 is 0 Å². The highest BCUT2D eigenvalue weighted by molar-refractivity contribution is 7.89. The smallest absolute Gasteiger partial charge is 0.240 e. The fourth-order valence-electron chi connectivity index (χ4n) is 2.61. The number of halogens is 1. The molecule has 0 saturated heterocycles. The molecule has 3 aromatic rings. The lowest BCUT2D eigenvalue weighted by atomic mass is 10.1. The van der Waals surface area contributed by atoms with E-state index < -0.39 is 10.0 Å². The largest absolute Gasteiger partial charge is 0.496 e. The van der Waals surface area contributed by atoms with Crippen LogP contribution in [0.5, 0.6) is 5.75 Å². The standard InChI is InChI=1S/C19H19ClN4O4S/c1-28-17-8-3-2-7-15(17)16-12-18(24-23-16)22-19(25)9-10-21-29(26,27)14-6-4-5-13(20)11-14/h2-8,11-12,21H,9-10H2,1H3,(H2,22,23,24,25). The summed E-state index contributed by atoms with van der Waals surface area (Å²) in [5, 5.41) is 9.84. The summed E-state index contributed by atoms with van der Waals surface area (Å²) in [6.07, 6.45) is -0.0589. The van der Waals surface area contributed by atoms with Crippen LogP contribution in [0.3, 0.4) is 0 Å². The molecule has 10 heteroatoms. The van der Waals surface area contributed by atoms with E-state index in [1.807, 2.05) is 24.3 Å². The van der Waals surface area contributed by atoms with Gasteiger partial charge < -0.3 is 10.1 Å². The fraction of sp³-hybridized carbons (Fsp3) is 0.158. The number of nitrogens with zero attached hydrogens (tertiary/aromatic N) is 1. The highest BCUT2D eigenvalue weighted by Gasteiger charge is 2.15. The van der Waals surface area contributed by atoms with Crippen molar-refractivity contribution >= 4 is 33.3 Å². The third-order valence-corrected chi connectivity index (χ3v) is 5.69. The van der Waals surface area contributed by atoms with Crippen molar-refractivity contribution in [1.82, 2.24) is 14.9 Å². The number of ether oxygens (including phenoxy) is 1. The minimum atomic E-state index is -3.74. The topological polar surface area (TPSA) is 113 Å². The Kier molecular flexibility index (Phi) is 6.53. The number of rotatable bonds is 8. The lowest BCUT2D eigenvalue weighted by molar-refractivity contribution is -0.116. The molecular weight excluding hydrogens is 416 g/mol. The normalized spacial score (nSPS) is 11.2. The predicted molar refractivity (Wildman–Crippen MR) is 110 cm³/mol. The van der Waals surface area contributed by atoms with Crippen molar-refractivity contribution in [2.45, 2.75) is 11.3 Å². The molecule has 1 amide bonds. The molecule has 3 N–H and O–H groups in total. The number of aromatic amines is 1. The number of para-hydroxylation sites is 1. The van der Waals surface area contributed by atoms with Gasteiger partial charge in [-0.1, -0.05) is 29.8 Å². The maximum Gasteiger partial charge on any atom is 0.240 e. The van der Waals surface area contributed by atoms with Gasteiger partial charge in [-0.2, -0.15) is 5.10 Å². The van der Waals surface area contributed by atoms with Gasteiger partial charge in [0.1, 0.15) is 5.75 Å². The lowest BCUT2D eigenvalue weighted by Gasteiger charge is -2.07. The summed E-state index contributed by atoms with van der Waals surface area (Å²) in [4.78, 5) is 12.2. The Morgan fingerprint density at radius 2 is 1.97 bits per heavy atom. The van der Waals surface area contributed by atoms with Crippen molar-refractivity contribution in [3.63, 3.8) is 0 Å². The molecule has 2 aromatic carbocycles. The van der Waals surface area contributed by atoms with Crippen molar-refractivity contribution in [2.75, 3.05) is 19.0 Å². The zero-order valence-corrected chi connectivity index (χ0v) is 17.0. The molecule has 0 spiro atoms. The Hall–Kier alpha value is -2.88. The summed E-state index contributed by atoms with van der Waals surface area (Å²) in [7, 11) is -2.17. The van der Waals surface area contributed by atoms with Gasteiger partial charge >= 0.3 is 0 Å². The summed E-state index contributed by atoms with van der Waals surface area (Å²) >= 11 is 5.82. The Morgan fingerprint density at radius 1 is 1.17 bits per heavy atom. The van der Waals surface area contributed by atoms with Gasteiger partial charge in [0.05, 0.1) is 17.7 Å². The average Bonchev–Trinajstić information content (AvgIpc) is 3.16. The number of aromatic nitrogens is 2. The molecule has 8 nitrogen and oxygen atoms in total. The summed E-state index contributed by atoms with van der Waals surface area (Å²) in [6, 6.07) is 15.0. The van der Waals surface area contributed by atoms with Crippen LogP contribution in [0.15, 0.2) is 59.5 Å². The van der Waals surface area contributed by atoms with Crippen LogP contribution in [0.1, 0.15) is 6.42 Å². The Labute approximate surface area is 173 Å². The first kappa shape index (κ1) is 20.8. The number of H-pyrrole nitrogens is 1. The van der Waals surface area contributed by atoms with Crippen LogP contribution in [0.25, 0.3) is 11.3 Å². The van der Waals surface area contributed by atoms with Gasteiger partial charge in [0.2, 0.25) is 15.9 Å². The number of carbonyl (C=O) groups is 1. The van der Waals surface area contributed by atoms with Gasteiger partial charge in [-0.05, 0) is 30.3 Å². The first-order valence-electron chi connectivity index (χ1n) is 8.63. The highest BCUT2D eigenvalue weighted by atomic mass is 35.5. The number of hydrogen-bond donors (Lipinski definition) is 3. The third kappa shape index (κ3) is 5.35. The Bertz CT molecular complexity index is 1110. The molecule has 0 aliphatic carbocycles. The maximum absolute atomic E-state index is 12.2. The lowest BCUT2D eigenvalue weighted by Crippen LogP contribution is -2.27.